The average Bonchev–Trinajstić information content (AvgIpc) is 1.97. The van der Waals surface area contributed by atoms with Gasteiger partial charge in [-0.1, -0.05) is 20.8 Å². The molecule has 0 aliphatic rings. The summed E-state index contributed by atoms with van der Waals surface area (Å²) < 4.78 is 5.07. The van der Waals surface area contributed by atoms with Crippen LogP contribution in [0.25, 0.3) is 0 Å². The molecule has 0 amide bonds. The quantitative estimate of drug-likeness (QED) is 0.565. The van der Waals surface area contributed by atoms with Crippen molar-refractivity contribution < 1.29 is 4.74 Å². The van der Waals surface area contributed by atoms with E-state index in [4.69, 9.17) is 4.74 Å². The van der Waals surface area contributed by atoms with E-state index in [2.05, 4.69) is 20.8 Å². The van der Waals surface area contributed by atoms with Crippen LogP contribution in [0.15, 0.2) is 0 Å². The minimum Gasteiger partial charge on any atom is -0.384 e. The lowest BCUT2D eigenvalue weighted by Crippen LogP contribution is -2.03. The highest BCUT2D eigenvalue weighted by Gasteiger charge is 2.06. The lowest BCUT2D eigenvalue weighted by atomic mass is 10.3. The van der Waals surface area contributed by atoms with Gasteiger partial charge in [-0.15, -0.1) is 7.92 Å². The molecule has 68 valence electrons. The van der Waals surface area contributed by atoms with Gasteiger partial charge in [0.1, 0.15) is 0 Å². The largest absolute Gasteiger partial charge is 0.384 e. The molecule has 1 nitrogen and oxygen atoms in total. The first-order valence-corrected chi connectivity index (χ1v) is 6.31. The van der Waals surface area contributed by atoms with Crippen molar-refractivity contribution in [2.24, 2.45) is 5.92 Å². The Morgan fingerprint density at radius 3 is 2.36 bits per heavy atom. The van der Waals surface area contributed by atoms with E-state index in [1.807, 2.05) is 0 Å². The molecule has 0 aromatic heterocycles. The van der Waals surface area contributed by atoms with E-state index in [0.29, 0.717) is 0 Å². The molecule has 0 radical (unpaired) electrons. The SMILES string of the molecule is CCP(CCOC)CC(C)C. The zero-order chi connectivity index (χ0) is 8.69. The van der Waals surface area contributed by atoms with E-state index in [1.165, 1.54) is 18.5 Å². The number of hydrogen-bond acceptors (Lipinski definition) is 1. The fourth-order valence-electron chi connectivity index (χ4n) is 1.12. The minimum atomic E-state index is 0.271. The van der Waals surface area contributed by atoms with Gasteiger partial charge in [0.05, 0.1) is 6.61 Å². The van der Waals surface area contributed by atoms with E-state index in [-0.39, 0.29) is 7.92 Å². The Bertz CT molecular complexity index is 83.6. The maximum atomic E-state index is 5.07. The van der Waals surface area contributed by atoms with Gasteiger partial charge in [0.15, 0.2) is 0 Å². The van der Waals surface area contributed by atoms with Gasteiger partial charge in [-0.25, -0.2) is 0 Å². The van der Waals surface area contributed by atoms with Crippen molar-refractivity contribution in [2.75, 3.05) is 32.2 Å². The highest BCUT2D eigenvalue weighted by atomic mass is 31.1. The molecular weight excluding hydrogens is 155 g/mol. The van der Waals surface area contributed by atoms with Gasteiger partial charge < -0.3 is 4.74 Å². The molecule has 0 aliphatic heterocycles. The molecule has 1 unspecified atom stereocenters. The predicted octanol–water partition coefficient (Wildman–Crippen LogP) is 2.79. The molecule has 0 aromatic rings. The van der Waals surface area contributed by atoms with Gasteiger partial charge in [-0.3, -0.25) is 0 Å². The van der Waals surface area contributed by atoms with E-state index in [1.54, 1.807) is 7.11 Å². The summed E-state index contributed by atoms with van der Waals surface area (Å²) in [5.74, 6) is 0.859. The molecule has 11 heavy (non-hydrogen) atoms. The van der Waals surface area contributed by atoms with E-state index < -0.39 is 0 Å². The van der Waals surface area contributed by atoms with Crippen LogP contribution < -0.4 is 0 Å². The van der Waals surface area contributed by atoms with Crippen LogP contribution in [-0.4, -0.2) is 32.2 Å². The fourth-order valence-corrected chi connectivity index (χ4v) is 3.35. The first-order valence-electron chi connectivity index (χ1n) is 4.42. The van der Waals surface area contributed by atoms with Crippen molar-refractivity contribution in [3.05, 3.63) is 0 Å². The van der Waals surface area contributed by atoms with Crippen molar-refractivity contribution in [1.29, 1.82) is 0 Å². The van der Waals surface area contributed by atoms with E-state index >= 15 is 0 Å². The van der Waals surface area contributed by atoms with Crippen LogP contribution in [0.3, 0.4) is 0 Å². The van der Waals surface area contributed by atoms with Crippen LogP contribution in [0.5, 0.6) is 0 Å². The predicted molar refractivity (Wildman–Crippen MR) is 53.9 cm³/mol. The monoisotopic (exact) mass is 176 g/mol. The number of methoxy groups -OCH3 is 1. The summed E-state index contributed by atoms with van der Waals surface area (Å²) in [7, 11) is 2.06. The fraction of sp³-hybridized carbons (Fsp3) is 1.00. The molecule has 0 N–H and O–H groups in total. The first kappa shape index (κ1) is 11.4. The molecule has 0 saturated carbocycles. The highest BCUT2D eigenvalue weighted by Crippen LogP contribution is 2.36. The molecule has 1 atom stereocenters. The third-order valence-electron chi connectivity index (χ3n) is 1.68. The van der Waals surface area contributed by atoms with Gasteiger partial charge in [-0.2, -0.15) is 0 Å². The molecule has 0 aromatic carbocycles. The summed E-state index contributed by atoms with van der Waals surface area (Å²) in [5.41, 5.74) is 0. The molecule has 0 fully saturated rings. The van der Waals surface area contributed by atoms with Gasteiger partial charge in [0, 0.05) is 7.11 Å². The maximum Gasteiger partial charge on any atom is 0.0501 e. The average molecular weight is 176 g/mol. The van der Waals surface area contributed by atoms with Gasteiger partial charge >= 0.3 is 0 Å². The second-order valence-electron chi connectivity index (χ2n) is 3.28. The number of ether oxygens (including phenoxy) is 1. The number of rotatable bonds is 6. The summed E-state index contributed by atoms with van der Waals surface area (Å²) in [6.45, 7) is 7.85. The number of hydrogen-bond donors (Lipinski definition) is 0. The van der Waals surface area contributed by atoms with Gasteiger partial charge in [0.25, 0.3) is 0 Å². The van der Waals surface area contributed by atoms with E-state index in [0.717, 1.165) is 12.5 Å². The van der Waals surface area contributed by atoms with Crippen LogP contribution in [-0.2, 0) is 4.74 Å². The third-order valence-corrected chi connectivity index (χ3v) is 4.64. The second-order valence-corrected chi connectivity index (χ2v) is 6.07. The van der Waals surface area contributed by atoms with Crippen LogP contribution in [0.4, 0.5) is 0 Å². The molecular formula is C9H21OP. The standard InChI is InChI=1S/C9H21OP/c1-5-11(7-6-10-4)8-9(2)3/h9H,5-8H2,1-4H3. The Morgan fingerprint density at radius 1 is 1.36 bits per heavy atom. The van der Waals surface area contributed by atoms with Gasteiger partial charge in [-0.05, 0) is 24.4 Å². The lowest BCUT2D eigenvalue weighted by molar-refractivity contribution is 0.218. The Morgan fingerprint density at radius 2 is 2.00 bits per heavy atom. The summed E-state index contributed by atoms with van der Waals surface area (Å²) in [5, 5.41) is 0. The molecule has 0 spiro atoms. The summed E-state index contributed by atoms with van der Waals surface area (Å²) >= 11 is 0. The third kappa shape index (κ3) is 6.77. The highest BCUT2D eigenvalue weighted by molar-refractivity contribution is 7.57. The Balaban J connectivity index is 3.41. The van der Waals surface area contributed by atoms with Crippen LogP contribution in [0, 0.1) is 5.92 Å². The molecule has 2 heteroatoms. The molecule has 0 saturated heterocycles. The van der Waals surface area contributed by atoms with Crippen LogP contribution in [0.2, 0.25) is 0 Å². The van der Waals surface area contributed by atoms with Crippen LogP contribution in [0.1, 0.15) is 20.8 Å². The minimum absolute atomic E-state index is 0.271. The van der Waals surface area contributed by atoms with Crippen molar-refractivity contribution in [1.82, 2.24) is 0 Å². The van der Waals surface area contributed by atoms with Crippen molar-refractivity contribution in [3.63, 3.8) is 0 Å². The lowest BCUT2D eigenvalue weighted by Gasteiger charge is -2.17. The molecule has 0 rings (SSSR count). The zero-order valence-corrected chi connectivity index (χ0v) is 9.16. The van der Waals surface area contributed by atoms with Crippen molar-refractivity contribution in [2.45, 2.75) is 20.8 Å². The second kappa shape index (κ2) is 7.06. The summed E-state index contributed by atoms with van der Waals surface area (Å²) in [6, 6.07) is 0. The smallest absolute Gasteiger partial charge is 0.0501 e. The van der Waals surface area contributed by atoms with Gasteiger partial charge in [0.2, 0.25) is 0 Å². The van der Waals surface area contributed by atoms with Crippen molar-refractivity contribution in [3.8, 4) is 0 Å². The zero-order valence-electron chi connectivity index (χ0n) is 8.26. The van der Waals surface area contributed by atoms with E-state index in [9.17, 15) is 0 Å². The Kier molecular flexibility index (Phi) is 7.31. The van der Waals surface area contributed by atoms with Crippen molar-refractivity contribution >= 4 is 7.92 Å². The maximum absolute atomic E-state index is 5.07. The Hall–Kier alpha value is 0.390. The Labute approximate surface area is 72.3 Å². The molecule has 0 heterocycles. The molecule has 0 aliphatic carbocycles. The summed E-state index contributed by atoms with van der Waals surface area (Å²) in [4.78, 5) is 0. The van der Waals surface area contributed by atoms with Crippen LogP contribution >= 0.6 is 7.92 Å². The normalized spacial score (nSPS) is 13.9. The topological polar surface area (TPSA) is 9.23 Å². The molecule has 0 bridgehead atoms. The first-order chi connectivity index (χ1) is 5.20. The summed E-state index contributed by atoms with van der Waals surface area (Å²) in [6.07, 6.45) is 4.06.